The summed E-state index contributed by atoms with van der Waals surface area (Å²) in [6.07, 6.45) is 4.02. The van der Waals surface area contributed by atoms with Crippen LogP contribution in [0.4, 0.5) is 5.69 Å². The first-order valence-corrected chi connectivity index (χ1v) is 7.62. The second kappa shape index (κ2) is 7.22. The van der Waals surface area contributed by atoms with Crippen LogP contribution in [0.5, 0.6) is 0 Å². The van der Waals surface area contributed by atoms with Gasteiger partial charge in [-0.3, -0.25) is 10.2 Å². The minimum atomic E-state index is 0.161. The summed E-state index contributed by atoms with van der Waals surface area (Å²) in [4.78, 5) is 11.3. The van der Waals surface area contributed by atoms with Gasteiger partial charge in [0.1, 0.15) is 0 Å². The Hall–Kier alpha value is -1.88. The van der Waals surface area contributed by atoms with Crippen LogP contribution in [-0.4, -0.2) is 10.9 Å². The van der Waals surface area contributed by atoms with E-state index < -0.39 is 0 Å². The Labute approximate surface area is 131 Å². The molecule has 0 atom stereocenters. The van der Waals surface area contributed by atoms with Crippen molar-refractivity contribution in [3.8, 4) is 0 Å². The number of hydrogen-bond acceptors (Lipinski definition) is 3. The third-order valence-corrected chi connectivity index (χ3v) is 3.58. The standard InChI is InChI=1S/C16H21N3OS/c1-11(2)12-6-8-13(9-7-12)17-16(21)19-18-14-4-3-5-15(20)10-14/h6-11,18H,3-5H2,1-2H3,(H2,17,19,21). The molecule has 4 nitrogen and oxygen atoms in total. The van der Waals surface area contributed by atoms with Crippen LogP contribution in [0, 0.1) is 0 Å². The van der Waals surface area contributed by atoms with E-state index in [1.165, 1.54) is 5.56 Å². The number of hydrogen-bond donors (Lipinski definition) is 3. The molecule has 1 aromatic carbocycles. The minimum absolute atomic E-state index is 0.161. The van der Waals surface area contributed by atoms with E-state index >= 15 is 0 Å². The van der Waals surface area contributed by atoms with Crippen LogP contribution in [0.2, 0.25) is 0 Å². The molecule has 0 heterocycles. The summed E-state index contributed by atoms with van der Waals surface area (Å²) in [5.41, 5.74) is 9.01. The van der Waals surface area contributed by atoms with E-state index in [-0.39, 0.29) is 5.78 Å². The maximum absolute atomic E-state index is 11.3. The predicted molar refractivity (Wildman–Crippen MR) is 90.0 cm³/mol. The molecular formula is C16H21N3OS. The van der Waals surface area contributed by atoms with Crippen molar-refractivity contribution in [2.75, 3.05) is 5.32 Å². The zero-order valence-electron chi connectivity index (χ0n) is 12.4. The van der Waals surface area contributed by atoms with Gasteiger partial charge in [-0.25, -0.2) is 0 Å². The highest BCUT2D eigenvalue weighted by Crippen LogP contribution is 2.17. The lowest BCUT2D eigenvalue weighted by atomic mass is 10.0. The van der Waals surface area contributed by atoms with Gasteiger partial charge in [0.2, 0.25) is 0 Å². The van der Waals surface area contributed by atoms with Crippen molar-refractivity contribution in [1.82, 2.24) is 10.9 Å². The molecule has 0 unspecified atom stereocenters. The second-order valence-electron chi connectivity index (χ2n) is 5.47. The molecular weight excluding hydrogens is 282 g/mol. The number of hydrazine groups is 1. The van der Waals surface area contributed by atoms with Gasteiger partial charge in [-0.05, 0) is 48.7 Å². The number of carbonyl (C=O) groups excluding carboxylic acids is 1. The third-order valence-electron chi connectivity index (χ3n) is 3.38. The van der Waals surface area contributed by atoms with Crippen LogP contribution in [0.3, 0.4) is 0 Å². The molecule has 21 heavy (non-hydrogen) atoms. The third kappa shape index (κ3) is 4.86. The lowest BCUT2D eigenvalue weighted by molar-refractivity contribution is -0.115. The summed E-state index contributed by atoms with van der Waals surface area (Å²) in [7, 11) is 0. The molecule has 0 spiro atoms. The Kier molecular flexibility index (Phi) is 5.33. The monoisotopic (exact) mass is 303 g/mol. The largest absolute Gasteiger partial charge is 0.331 e. The lowest BCUT2D eigenvalue weighted by Crippen LogP contribution is -2.40. The topological polar surface area (TPSA) is 53.2 Å². The molecule has 0 saturated heterocycles. The Bertz CT molecular complexity index is 549. The Balaban J connectivity index is 1.83. The van der Waals surface area contributed by atoms with E-state index in [1.54, 1.807) is 6.08 Å². The second-order valence-corrected chi connectivity index (χ2v) is 5.88. The van der Waals surface area contributed by atoms with Crippen LogP contribution in [0.15, 0.2) is 36.0 Å². The van der Waals surface area contributed by atoms with Crippen molar-refractivity contribution in [3.63, 3.8) is 0 Å². The zero-order chi connectivity index (χ0) is 15.2. The summed E-state index contributed by atoms with van der Waals surface area (Å²) >= 11 is 5.22. The van der Waals surface area contributed by atoms with Crippen LogP contribution < -0.4 is 16.2 Å². The lowest BCUT2D eigenvalue weighted by Gasteiger charge is -2.17. The Morgan fingerprint density at radius 2 is 1.90 bits per heavy atom. The maximum atomic E-state index is 11.3. The van der Waals surface area contributed by atoms with Crippen LogP contribution in [-0.2, 0) is 4.79 Å². The molecule has 0 amide bonds. The number of benzene rings is 1. The SMILES string of the molecule is CC(C)c1ccc(NC(=S)NNC2=CC(=O)CCC2)cc1. The molecule has 1 aliphatic carbocycles. The van der Waals surface area contributed by atoms with Crippen molar-refractivity contribution >= 4 is 28.8 Å². The quantitative estimate of drug-likeness (QED) is 0.589. The van der Waals surface area contributed by atoms with Gasteiger partial charge in [-0.2, -0.15) is 0 Å². The molecule has 0 aliphatic heterocycles. The first-order chi connectivity index (χ1) is 10.0. The molecule has 1 aromatic rings. The average Bonchev–Trinajstić information content (AvgIpc) is 2.46. The molecule has 0 radical (unpaired) electrons. The highest BCUT2D eigenvalue weighted by atomic mass is 32.1. The average molecular weight is 303 g/mol. The van der Waals surface area contributed by atoms with Crippen molar-refractivity contribution in [2.45, 2.75) is 39.0 Å². The summed E-state index contributed by atoms with van der Waals surface area (Å²) in [5.74, 6) is 0.676. The predicted octanol–water partition coefficient (Wildman–Crippen LogP) is 3.24. The number of allylic oxidation sites excluding steroid dienone is 2. The summed E-state index contributed by atoms with van der Waals surface area (Å²) in [5, 5.41) is 3.58. The Morgan fingerprint density at radius 1 is 1.19 bits per heavy atom. The van der Waals surface area contributed by atoms with Crippen molar-refractivity contribution in [1.29, 1.82) is 0 Å². The van der Waals surface area contributed by atoms with Gasteiger partial charge >= 0.3 is 0 Å². The van der Waals surface area contributed by atoms with Gasteiger partial charge in [0.25, 0.3) is 0 Å². The number of carbonyl (C=O) groups is 1. The molecule has 3 N–H and O–H groups in total. The van der Waals surface area contributed by atoms with Gasteiger partial charge in [0.15, 0.2) is 10.9 Å². The van der Waals surface area contributed by atoms with E-state index in [0.717, 1.165) is 24.2 Å². The summed E-state index contributed by atoms with van der Waals surface area (Å²) in [6, 6.07) is 8.19. The van der Waals surface area contributed by atoms with Gasteiger partial charge in [0, 0.05) is 23.9 Å². The van der Waals surface area contributed by atoms with E-state index in [4.69, 9.17) is 12.2 Å². The van der Waals surface area contributed by atoms with E-state index in [9.17, 15) is 4.79 Å². The van der Waals surface area contributed by atoms with E-state index in [2.05, 4.69) is 42.1 Å². The van der Waals surface area contributed by atoms with E-state index in [1.807, 2.05) is 12.1 Å². The number of nitrogens with one attached hydrogen (secondary N) is 3. The fraction of sp³-hybridized carbons (Fsp3) is 0.375. The van der Waals surface area contributed by atoms with Gasteiger partial charge in [-0.1, -0.05) is 26.0 Å². The Morgan fingerprint density at radius 3 is 2.52 bits per heavy atom. The van der Waals surface area contributed by atoms with Crippen LogP contribution >= 0.6 is 12.2 Å². The molecule has 2 rings (SSSR count). The maximum Gasteiger partial charge on any atom is 0.189 e. The van der Waals surface area contributed by atoms with Gasteiger partial charge < -0.3 is 10.7 Å². The van der Waals surface area contributed by atoms with Crippen LogP contribution in [0.1, 0.15) is 44.6 Å². The number of ketones is 1. The highest BCUT2D eigenvalue weighted by molar-refractivity contribution is 7.80. The van der Waals surface area contributed by atoms with Gasteiger partial charge in [-0.15, -0.1) is 0 Å². The molecule has 1 aliphatic rings. The first kappa shape index (κ1) is 15.5. The summed E-state index contributed by atoms with van der Waals surface area (Å²) in [6.45, 7) is 4.33. The van der Waals surface area contributed by atoms with Crippen molar-refractivity contribution < 1.29 is 4.79 Å². The number of rotatable bonds is 4. The van der Waals surface area contributed by atoms with Crippen LogP contribution in [0.25, 0.3) is 0 Å². The molecule has 5 heteroatoms. The fourth-order valence-electron chi connectivity index (χ4n) is 2.14. The number of thiocarbonyl (C=S) groups is 1. The summed E-state index contributed by atoms with van der Waals surface area (Å²) < 4.78 is 0. The van der Waals surface area contributed by atoms with E-state index in [0.29, 0.717) is 17.5 Å². The molecule has 112 valence electrons. The first-order valence-electron chi connectivity index (χ1n) is 7.21. The van der Waals surface area contributed by atoms with Crippen molar-refractivity contribution in [3.05, 3.63) is 41.6 Å². The minimum Gasteiger partial charge on any atom is -0.331 e. The fourth-order valence-corrected chi connectivity index (χ4v) is 2.31. The highest BCUT2D eigenvalue weighted by Gasteiger charge is 2.09. The molecule has 0 aromatic heterocycles. The van der Waals surface area contributed by atoms with Crippen molar-refractivity contribution in [2.24, 2.45) is 0 Å². The smallest absolute Gasteiger partial charge is 0.189 e. The molecule has 0 fully saturated rings. The van der Waals surface area contributed by atoms with Gasteiger partial charge in [0.05, 0.1) is 0 Å². The molecule has 0 bridgehead atoms. The normalized spacial score (nSPS) is 14.6. The number of anilines is 1. The zero-order valence-corrected chi connectivity index (χ0v) is 13.2. The molecule has 0 saturated carbocycles.